The number of rotatable bonds is 8. The maximum absolute atomic E-state index is 12.1. The van der Waals surface area contributed by atoms with Gasteiger partial charge in [0.2, 0.25) is 15.9 Å². The third kappa shape index (κ3) is 6.45. The number of methoxy groups -OCH3 is 1. The van der Waals surface area contributed by atoms with Crippen LogP contribution in [0.2, 0.25) is 0 Å². The van der Waals surface area contributed by atoms with Crippen LogP contribution in [0.25, 0.3) is 0 Å². The van der Waals surface area contributed by atoms with Crippen molar-refractivity contribution in [2.24, 2.45) is 0 Å². The van der Waals surface area contributed by atoms with E-state index < -0.39 is 10.0 Å². The number of benzene rings is 2. The van der Waals surface area contributed by atoms with Gasteiger partial charge >= 0.3 is 0 Å². The van der Waals surface area contributed by atoms with Crippen LogP contribution >= 0.6 is 12.2 Å². The predicted octanol–water partition coefficient (Wildman–Crippen LogP) is 2.22. The van der Waals surface area contributed by atoms with Crippen LogP contribution in [-0.2, 0) is 21.2 Å². The van der Waals surface area contributed by atoms with Gasteiger partial charge in [-0.25, -0.2) is 13.1 Å². The van der Waals surface area contributed by atoms with Crippen molar-refractivity contribution < 1.29 is 17.9 Å². The Morgan fingerprint density at radius 1 is 1.14 bits per heavy atom. The van der Waals surface area contributed by atoms with Crippen molar-refractivity contribution in [1.29, 1.82) is 0 Å². The number of hydrogen-bond acceptors (Lipinski definition) is 5. The Morgan fingerprint density at radius 3 is 2.36 bits per heavy atom. The highest BCUT2D eigenvalue weighted by molar-refractivity contribution is 7.89. The smallest absolute Gasteiger partial charge is 0.240 e. The number of anilines is 1. The van der Waals surface area contributed by atoms with Crippen molar-refractivity contribution >= 4 is 38.9 Å². The van der Waals surface area contributed by atoms with Gasteiger partial charge in [0.05, 0.1) is 18.4 Å². The first-order valence-electron chi connectivity index (χ1n) is 8.28. The van der Waals surface area contributed by atoms with Gasteiger partial charge < -0.3 is 15.4 Å². The molecule has 2 rings (SSSR count). The minimum atomic E-state index is -3.59. The lowest BCUT2D eigenvalue weighted by molar-refractivity contribution is -0.119. The molecule has 9 heteroatoms. The van der Waals surface area contributed by atoms with Crippen LogP contribution in [0.3, 0.4) is 0 Å². The maximum atomic E-state index is 12.1. The average molecular weight is 420 g/mol. The van der Waals surface area contributed by atoms with E-state index in [0.717, 1.165) is 5.56 Å². The Balaban J connectivity index is 1.89. The topological polar surface area (TPSA) is 96.5 Å². The van der Waals surface area contributed by atoms with E-state index in [1.165, 1.54) is 18.2 Å². The minimum Gasteiger partial charge on any atom is -0.497 e. The number of nitrogens with one attached hydrogen (secondary N) is 3. The van der Waals surface area contributed by atoms with E-state index >= 15 is 0 Å². The fourth-order valence-electron chi connectivity index (χ4n) is 2.23. The van der Waals surface area contributed by atoms with Crippen LogP contribution in [0, 0.1) is 0 Å². The van der Waals surface area contributed by atoms with Crippen LogP contribution in [-0.4, -0.2) is 33.1 Å². The molecular formula is C19H21N3O4S2. The predicted molar refractivity (Wildman–Crippen MR) is 113 cm³/mol. The summed E-state index contributed by atoms with van der Waals surface area (Å²) >= 11 is 5.13. The van der Waals surface area contributed by atoms with Gasteiger partial charge in [-0.2, -0.15) is 0 Å². The monoisotopic (exact) mass is 419 g/mol. The zero-order chi connectivity index (χ0) is 20.6. The zero-order valence-electron chi connectivity index (χ0n) is 15.3. The number of ether oxygens (including phenoxy) is 1. The number of carbonyl (C=O) groups is 1. The third-order valence-electron chi connectivity index (χ3n) is 3.62. The third-order valence-corrected chi connectivity index (χ3v) is 5.26. The highest BCUT2D eigenvalue weighted by atomic mass is 32.2. The van der Waals surface area contributed by atoms with E-state index in [2.05, 4.69) is 21.9 Å². The van der Waals surface area contributed by atoms with Gasteiger partial charge in [0, 0.05) is 12.2 Å². The van der Waals surface area contributed by atoms with Crippen molar-refractivity contribution in [1.82, 2.24) is 10.0 Å². The molecule has 0 aliphatic rings. The van der Waals surface area contributed by atoms with Gasteiger partial charge in [-0.3, -0.25) is 4.79 Å². The van der Waals surface area contributed by atoms with E-state index in [1.54, 1.807) is 43.5 Å². The molecular weight excluding hydrogens is 398 g/mol. The van der Waals surface area contributed by atoms with Crippen LogP contribution < -0.4 is 20.1 Å². The van der Waals surface area contributed by atoms with E-state index in [-0.39, 0.29) is 28.9 Å². The molecule has 2 aromatic rings. The Hall–Kier alpha value is -2.75. The minimum absolute atomic E-state index is 0.120. The Morgan fingerprint density at radius 2 is 1.79 bits per heavy atom. The zero-order valence-corrected chi connectivity index (χ0v) is 16.9. The summed E-state index contributed by atoms with van der Waals surface area (Å²) < 4.78 is 31.5. The molecule has 0 aliphatic carbocycles. The highest BCUT2D eigenvalue weighted by Crippen LogP contribution is 2.14. The summed E-state index contributed by atoms with van der Waals surface area (Å²) in [6.07, 6.45) is 1.62. The Kier molecular flexibility index (Phi) is 7.68. The summed E-state index contributed by atoms with van der Waals surface area (Å²) in [6.45, 7) is 3.62. The summed E-state index contributed by atoms with van der Waals surface area (Å²) in [4.78, 5) is 12.2. The molecule has 3 N–H and O–H groups in total. The lowest BCUT2D eigenvalue weighted by Crippen LogP contribution is -2.35. The molecule has 28 heavy (non-hydrogen) atoms. The van der Waals surface area contributed by atoms with E-state index in [1.807, 2.05) is 0 Å². The Bertz CT molecular complexity index is 940. The summed E-state index contributed by atoms with van der Waals surface area (Å²) in [5.41, 5.74) is 1.38. The summed E-state index contributed by atoms with van der Waals surface area (Å²) in [5.74, 6) is 0.446. The van der Waals surface area contributed by atoms with Crippen molar-refractivity contribution in [2.75, 3.05) is 19.0 Å². The quantitative estimate of drug-likeness (QED) is 0.448. The molecule has 0 fully saturated rings. The number of sulfonamides is 1. The van der Waals surface area contributed by atoms with Crippen molar-refractivity contribution in [3.05, 3.63) is 66.7 Å². The molecule has 2 aromatic carbocycles. The largest absolute Gasteiger partial charge is 0.497 e. The molecule has 0 radical (unpaired) electrons. The molecule has 0 unspecified atom stereocenters. The van der Waals surface area contributed by atoms with Gasteiger partial charge in [0.15, 0.2) is 5.11 Å². The molecule has 0 aromatic heterocycles. The number of carbonyl (C=O) groups excluding carboxylic acids is 1. The number of amides is 1. The lowest BCUT2D eigenvalue weighted by atomic mass is 10.1. The van der Waals surface area contributed by atoms with Gasteiger partial charge in [0.25, 0.3) is 0 Å². The second-order valence-corrected chi connectivity index (χ2v) is 7.87. The summed E-state index contributed by atoms with van der Waals surface area (Å²) in [5, 5.41) is 5.56. The van der Waals surface area contributed by atoms with E-state index in [4.69, 9.17) is 17.0 Å². The fraction of sp³-hybridized carbons (Fsp3) is 0.158. The maximum Gasteiger partial charge on any atom is 0.240 e. The van der Waals surface area contributed by atoms with Crippen molar-refractivity contribution in [3.63, 3.8) is 0 Å². The first kappa shape index (κ1) is 21.5. The normalized spacial score (nSPS) is 10.8. The number of thiocarbonyl (C=S) groups is 1. The molecule has 1 amide bonds. The molecule has 0 aliphatic heterocycles. The summed E-state index contributed by atoms with van der Waals surface area (Å²) in [6, 6.07) is 13.2. The molecule has 7 nitrogen and oxygen atoms in total. The average Bonchev–Trinajstić information content (AvgIpc) is 2.67. The SMILES string of the molecule is C=CCNS(=O)(=O)c1ccc(NC(=S)NC(=O)Cc2ccc(OC)cc2)cc1. The van der Waals surface area contributed by atoms with Crippen molar-refractivity contribution in [3.8, 4) is 5.75 Å². The molecule has 148 valence electrons. The van der Waals surface area contributed by atoms with Crippen LogP contribution in [0.5, 0.6) is 5.75 Å². The van der Waals surface area contributed by atoms with Crippen LogP contribution in [0.1, 0.15) is 5.56 Å². The van der Waals surface area contributed by atoms with Gasteiger partial charge in [0.1, 0.15) is 5.75 Å². The highest BCUT2D eigenvalue weighted by Gasteiger charge is 2.12. The standard InChI is InChI=1S/C19H21N3O4S2/c1-3-12-20-28(24,25)17-10-6-15(7-11-17)21-19(27)22-18(23)13-14-4-8-16(26-2)9-5-14/h3-11,20H,1,12-13H2,2H3,(H2,21,22,23,27). The lowest BCUT2D eigenvalue weighted by Gasteiger charge is -2.11. The van der Waals surface area contributed by atoms with Crippen LogP contribution in [0.15, 0.2) is 66.1 Å². The van der Waals surface area contributed by atoms with Gasteiger partial charge in [-0.05, 0) is 54.2 Å². The second-order valence-electron chi connectivity index (χ2n) is 5.69. The molecule has 0 bridgehead atoms. The first-order chi connectivity index (χ1) is 13.3. The first-order valence-corrected chi connectivity index (χ1v) is 10.2. The number of hydrogen-bond donors (Lipinski definition) is 3. The summed E-state index contributed by atoms with van der Waals surface area (Å²) in [7, 11) is -2.01. The Labute approximate surface area is 169 Å². The molecule has 0 atom stereocenters. The van der Waals surface area contributed by atoms with Crippen molar-refractivity contribution in [2.45, 2.75) is 11.3 Å². The second kappa shape index (κ2) is 9.98. The molecule has 0 saturated carbocycles. The molecule has 0 saturated heterocycles. The van der Waals surface area contributed by atoms with Gasteiger partial charge in [-0.15, -0.1) is 6.58 Å². The van der Waals surface area contributed by atoms with E-state index in [9.17, 15) is 13.2 Å². The molecule has 0 spiro atoms. The molecule has 0 heterocycles. The van der Waals surface area contributed by atoms with E-state index in [0.29, 0.717) is 11.4 Å². The van der Waals surface area contributed by atoms with Crippen LogP contribution in [0.4, 0.5) is 5.69 Å². The fourth-order valence-corrected chi connectivity index (χ4v) is 3.46. The van der Waals surface area contributed by atoms with Gasteiger partial charge in [-0.1, -0.05) is 18.2 Å².